The van der Waals surface area contributed by atoms with E-state index in [1.54, 1.807) is 0 Å². The van der Waals surface area contributed by atoms with Crippen LogP contribution in [0, 0.1) is 0 Å². The van der Waals surface area contributed by atoms with E-state index < -0.39 is 8.56 Å². The molecule has 0 fully saturated rings. The van der Waals surface area contributed by atoms with Crippen LogP contribution in [0.3, 0.4) is 0 Å². The van der Waals surface area contributed by atoms with E-state index in [-0.39, 0.29) is 12.2 Å². The van der Waals surface area contributed by atoms with Gasteiger partial charge in [-0.15, -0.1) is 0 Å². The van der Waals surface area contributed by atoms with Gasteiger partial charge in [0.25, 0.3) is 0 Å². The van der Waals surface area contributed by atoms with Crippen molar-refractivity contribution < 1.29 is 8.85 Å². The molecular weight excluding hydrogens is 324 g/mol. The maximum absolute atomic E-state index is 6.52. The van der Waals surface area contributed by atoms with Crippen molar-refractivity contribution in [3.63, 3.8) is 0 Å². The summed E-state index contributed by atoms with van der Waals surface area (Å²) in [5.74, 6) is 0. The number of rotatable bonds is 18. The Hall–Kier alpha value is 0.137. The van der Waals surface area contributed by atoms with Gasteiger partial charge in [-0.1, -0.05) is 90.9 Å². The Morgan fingerprint density at radius 1 is 0.520 bits per heavy atom. The Morgan fingerprint density at radius 2 is 0.840 bits per heavy atom. The summed E-state index contributed by atoms with van der Waals surface area (Å²) in [5, 5.41) is 0. The summed E-state index contributed by atoms with van der Waals surface area (Å²) >= 11 is 0. The van der Waals surface area contributed by atoms with Gasteiger partial charge in [0.2, 0.25) is 0 Å². The van der Waals surface area contributed by atoms with E-state index in [1.165, 1.54) is 89.1 Å². The Bertz CT molecular complexity index is 251. The van der Waals surface area contributed by atoms with Gasteiger partial charge in [0.05, 0.1) is 0 Å². The second kappa shape index (κ2) is 16.3. The van der Waals surface area contributed by atoms with Gasteiger partial charge in [-0.3, -0.25) is 0 Å². The zero-order valence-corrected chi connectivity index (χ0v) is 19.4. The number of unbranched alkanes of at least 4 members (excludes halogenated alkanes) is 10. The van der Waals surface area contributed by atoms with Crippen LogP contribution in [0.2, 0.25) is 12.1 Å². The topological polar surface area (TPSA) is 18.5 Å². The van der Waals surface area contributed by atoms with Crippen LogP contribution in [0.25, 0.3) is 0 Å². The minimum atomic E-state index is -2.06. The van der Waals surface area contributed by atoms with Crippen LogP contribution in [-0.2, 0) is 8.85 Å². The maximum Gasteiger partial charge on any atom is 0.338 e. The summed E-state index contributed by atoms with van der Waals surface area (Å²) in [5.41, 5.74) is 0. The molecule has 3 heteroatoms. The molecule has 152 valence electrons. The first-order valence-electron chi connectivity index (χ1n) is 11.3. The average molecular weight is 373 g/mol. The summed E-state index contributed by atoms with van der Waals surface area (Å²) in [6, 6.07) is 2.37. The molecule has 0 aliphatic rings. The van der Waals surface area contributed by atoms with Gasteiger partial charge >= 0.3 is 8.56 Å². The zero-order chi connectivity index (χ0) is 19.0. The second-order valence-electron chi connectivity index (χ2n) is 8.28. The second-order valence-corrected chi connectivity index (χ2v) is 11.6. The fourth-order valence-corrected chi connectivity index (χ4v) is 7.67. The molecule has 0 amide bonds. The average Bonchev–Trinajstić information content (AvgIpc) is 2.53. The lowest BCUT2D eigenvalue weighted by Crippen LogP contribution is -2.45. The van der Waals surface area contributed by atoms with Gasteiger partial charge in [0.15, 0.2) is 0 Å². The van der Waals surface area contributed by atoms with E-state index in [1.807, 2.05) is 0 Å². The number of hydrogen-bond donors (Lipinski definition) is 0. The third kappa shape index (κ3) is 14.9. The molecule has 0 N–H and O–H groups in total. The van der Waals surface area contributed by atoms with E-state index in [0.717, 1.165) is 0 Å². The third-order valence-electron chi connectivity index (χ3n) is 4.72. The first kappa shape index (κ1) is 25.1. The predicted octanol–water partition coefficient (Wildman–Crippen LogP) is 8.00. The Balaban J connectivity index is 4.47. The van der Waals surface area contributed by atoms with Crippen molar-refractivity contribution in [1.82, 2.24) is 0 Å². The monoisotopic (exact) mass is 372 g/mol. The van der Waals surface area contributed by atoms with Crippen molar-refractivity contribution >= 4 is 8.56 Å². The maximum atomic E-state index is 6.52. The smallest absolute Gasteiger partial charge is 0.338 e. The molecule has 2 nitrogen and oxygen atoms in total. The fraction of sp³-hybridized carbons (Fsp3) is 1.00. The summed E-state index contributed by atoms with van der Waals surface area (Å²) in [7, 11) is -2.06. The SMILES string of the molecule is CCCCCCCC[Si](CCCCCCCC)(OC(C)C)OC(C)C. The van der Waals surface area contributed by atoms with E-state index >= 15 is 0 Å². The molecule has 25 heavy (non-hydrogen) atoms. The van der Waals surface area contributed by atoms with Gasteiger partial charge in [-0.2, -0.15) is 0 Å². The molecule has 0 atom stereocenters. The summed E-state index contributed by atoms with van der Waals surface area (Å²) in [6.45, 7) is 13.3. The molecule has 0 aromatic rings. The van der Waals surface area contributed by atoms with Crippen LogP contribution in [-0.4, -0.2) is 20.8 Å². The molecule has 0 bridgehead atoms. The molecule has 0 unspecified atom stereocenters. The van der Waals surface area contributed by atoms with Crippen LogP contribution in [0.4, 0.5) is 0 Å². The van der Waals surface area contributed by atoms with Crippen molar-refractivity contribution in [2.24, 2.45) is 0 Å². The molecule has 0 aliphatic carbocycles. The van der Waals surface area contributed by atoms with Gasteiger partial charge in [0, 0.05) is 12.2 Å². The van der Waals surface area contributed by atoms with Gasteiger partial charge in [0.1, 0.15) is 0 Å². The zero-order valence-electron chi connectivity index (χ0n) is 18.4. The lowest BCUT2D eigenvalue weighted by Gasteiger charge is -2.34. The highest BCUT2D eigenvalue weighted by Crippen LogP contribution is 2.29. The summed E-state index contributed by atoms with van der Waals surface area (Å²) in [4.78, 5) is 0. The lowest BCUT2D eigenvalue weighted by molar-refractivity contribution is 0.103. The molecule has 0 radical (unpaired) electrons. The van der Waals surface area contributed by atoms with E-state index in [2.05, 4.69) is 41.5 Å². The Kier molecular flexibility index (Phi) is 16.4. The van der Waals surface area contributed by atoms with Crippen LogP contribution in [0.15, 0.2) is 0 Å². The van der Waals surface area contributed by atoms with Crippen LogP contribution in [0.5, 0.6) is 0 Å². The lowest BCUT2D eigenvalue weighted by atomic mass is 10.1. The fourth-order valence-electron chi connectivity index (χ4n) is 3.60. The highest BCUT2D eigenvalue weighted by Gasteiger charge is 2.38. The molecule has 0 saturated heterocycles. The van der Waals surface area contributed by atoms with E-state index in [9.17, 15) is 0 Å². The molecular formula is C22H48O2Si. The molecule has 0 spiro atoms. The number of hydrogen-bond acceptors (Lipinski definition) is 2. The van der Waals surface area contributed by atoms with E-state index in [4.69, 9.17) is 8.85 Å². The molecule has 0 aliphatic heterocycles. The molecule has 0 heterocycles. The van der Waals surface area contributed by atoms with Crippen LogP contribution in [0.1, 0.15) is 119 Å². The standard InChI is InChI=1S/C22H48O2Si/c1-7-9-11-13-15-17-19-25(23-21(3)4,24-22(5)6)20-18-16-14-12-10-8-2/h21-22H,7-20H2,1-6H3. The normalized spacial score (nSPS) is 12.5. The van der Waals surface area contributed by atoms with Crippen LogP contribution >= 0.6 is 0 Å². The predicted molar refractivity (Wildman–Crippen MR) is 115 cm³/mol. The Labute approximate surface area is 160 Å². The summed E-state index contributed by atoms with van der Waals surface area (Å²) in [6.07, 6.45) is 16.7. The minimum absolute atomic E-state index is 0.283. The third-order valence-corrected chi connectivity index (χ3v) is 8.76. The van der Waals surface area contributed by atoms with Crippen molar-refractivity contribution in [3.05, 3.63) is 0 Å². The molecule has 0 rings (SSSR count). The highest BCUT2D eigenvalue weighted by molar-refractivity contribution is 6.67. The van der Waals surface area contributed by atoms with Crippen molar-refractivity contribution in [1.29, 1.82) is 0 Å². The first-order valence-corrected chi connectivity index (χ1v) is 13.5. The van der Waals surface area contributed by atoms with Gasteiger partial charge in [-0.05, 0) is 39.8 Å². The van der Waals surface area contributed by atoms with Gasteiger partial charge < -0.3 is 8.85 Å². The van der Waals surface area contributed by atoms with Crippen molar-refractivity contribution in [3.8, 4) is 0 Å². The molecule has 0 aromatic heterocycles. The molecule has 0 aromatic carbocycles. The van der Waals surface area contributed by atoms with Crippen molar-refractivity contribution in [2.45, 2.75) is 143 Å². The van der Waals surface area contributed by atoms with Gasteiger partial charge in [-0.25, -0.2) is 0 Å². The van der Waals surface area contributed by atoms with Crippen LogP contribution < -0.4 is 0 Å². The summed E-state index contributed by atoms with van der Waals surface area (Å²) < 4.78 is 13.0. The minimum Gasteiger partial charge on any atom is -0.392 e. The molecule has 0 saturated carbocycles. The quantitative estimate of drug-likeness (QED) is 0.179. The largest absolute Gasteiger partial charge is 0.392 e. The highest BCUT2D eigenvalue weighted by atomic mass is 28.4. The Morgan fingerprint density at radius 3 is 1.16 bits per heavy atom. The first-order chi connectivity index (χ1) is 12.0. The van der Waals surface area contributed by atoms with E-state index in [0.29, 0.717) is 0 Å². The van der Waals surface area contributed by atoms with Crippen molar-refractivity contribution in [2.75, 3.05) is 0 Å².